The maximum atomic E-state index is 12.2. The monoisotopic (exact) mass is 317 g/mol. The van der Waals surface area contributed by atoms with Crippen molar-refractivity contribution >= 4 is 34.7 Å². The SMILES string of the molecule is CN(C1=NC(=Cc2ccc3[nH]cnc3c2)C(=O)N1)c1ccccc1. The third kappa shape index (κ3) is 2.54. The molecule has 0 bridgehead atoms. The van der Waals surface area contributed by atoms with Gasteiger partial charge >= 0.3 is 0 Å². The maximum absolute atomic E-state index is 12.2. The lowest BCUT2D eigenvalue weighted by atomic mass is 10.1. The quantitative estimate of drug-likeness (QED) is 0.713. The zero-order valence-electron chi connectivity index (χ0n) is 13.0. The van der Waals surface area contributed by atoms with Gasteiger partial charge in [-0.2, -0.15) is 0 Å². The largest absolute Gasteiger partial charge is 0.345 e. The van der Waals surface area contributed by atoms with Crippen LogP contribution in [-0.4, -0.2) is 28.9 Å². The molecule has 2 heterocycles. The molecule has 1 aromatic heterocycles. The lowest BCUT2D eigenvalue weighted by molar-refractivity contribution is -0.115. The Morgan fingerprint density at radius 3 is 2.79 bits per heavy atom. The van der Waals surface area contributed by atoms with E-state index in [-0.39, 0.29) is 5.91 Å². The van der Waals surface area contributed by atoms with E-state index in [1.165, 1.54) is 0 Å². The molecule has 2 aromatic carbocycles. The van der Waals surface area contributed by atoms with E-state index in [1.54, 1.807) is 12.4 Å². The van der Waals surface area contributed by atoms with Gasteiger partial charge in [-0.15, -0.1) is 0 Å². The Bertz CT molecular complexity index is 971. The van der Waals surface area contributed by atoms with Crippen molar-refractivity contribution in [3.8, 4) is 0 Å². The average Bonchev–Trinajstić information content (AvgIpc) is 3.21. The second kappa shape index (κ2) is 5.66. The average molecular weight is 317 g/mol. The van der Waals surface area contributed by atoms with Crippen LogP contribution in [0.4, 0.5) is 5.69 Å². The molecule has 0 spiro atoms. The molecule has 0 atom stereocenters. The number of nitrogens with one attached hydrogen (secondary N) is 2. The number of para-hydroxylation sites is 1. The molecule has 0 saturated carbocycles. The fourth-order valence-electron chi connectivity index (χ4n) is 2.59. The lowest BCUT2D eigenvalue weighted by Gasteiger charge is -2.17. The molecular weight excluding hydrogens is 302 g/mol. The Morgan fingerprint density at radius 2 is 1.96 bits per heavy atom. The number of aliphatic imine (C=N–C) groups is 1. The number of benzene rings is 2. The number of anilines is 1. The van der Waals surface area contributed by atoms with Gasteiger partial charge in [0.05, 0.1) is 17.4 Å². The number of rotatable bonds is 2. The van der Waals surface area contributed by atoms with E-state index < -0.39 is 0 Å². The van der Waals surface area contributed by atoms with E-state index in [0.29, 0.717) is 11.7 Å². The van der Waals surface area contributed by atoms with Crippen LogP contribution in [-0.2, 0) is 4.79 Å². The zero-order valence-corrected chi connectivity index (χ0v) is 13.0. The molecule has 2 N–H and O–H groups in total. The topological polar surface area (TPSA) is 73.4 Å². The molecule has 3 aromatic rings. The molecule has 0 fully saturated rings. The van der Waals surface area contributed by atoms with Crippen molar-refractivity contribution in [3.05, 3.63) is 66.1 Å². The van der Waals surface area contributed by atoms with E-state index in [1.807, 2.05) is 60.5 Å². The van der Waals surface area contributed by atoms with Crippen LogP contribution in [0.15, 0.2) is 65.5 Å². The summed E-state index contributed by atoms with van der Waals surface area (Å²) in [6.07, 6.45) is 3.41. The first-order chi connectivity index (χ1) is 11.7. The van der Waals surface area contributed by atoms with Crippen molar-refractivity contribution in [2.75, 3.05) is 11.9 Å². The van der Waals surface area contributed by atoms with Crippen LogP contribution in [0.25, 0.3) is 17.1 Å². The Hall–Kier alpha value is -3.41. The maximum Gasteiger partial charge on any atom is 0.276 e. The number of guanidine groups is 1. The zero-order chi connectivity index (χ0) is 16.5. The summed E-state index contributed by atoms with van der Waals surface area (Å²) in [5.41, 5.74) is 4.03. The van der Waals surface area contributed by atoms with Crippen molar-refractivity contribution in [1.29, 1.82) is 0 Å². The van der Waals surface area contributed by atoms with Crippen LogP contribution in [0.1, 0.15) is 5.56 Å². The van der Waals surface area contributed by atoms with Gasteiger partial charge in [0.2, 0.25) is 5.96 Å². The predicted molar refractivity (Wildman–Crippen MR) is 94.5 cm³/mol. The molecule has 1 amide bonds. The summed E-state index contributed by atoms with van der Waals surface area (Å²) in [4.78, 5) is 25.7. The molecule has 6 nitrogen and oxygen atoms in total. The second-order valence-corrected chi connectivity index (χ2v) is 5.49. The van der Waals surface area contributed by atoms with Gasteiger partial charge in [0, 0.05) is 12.7 Å². The predicted octanol–water partition coefficient (Wildman–Crippen LogP) is 2.53. The molecule has 1 aliphatic heterocycles. The molecule has 6 heteroatoms. The number of aromatic amines is 1. The Labute approximate surface area is 138 Å². The van der Waals surface area contributed by atoms with Crippen LogP contribution >= 0.6 is 0 Å². The summed E-state index contributed by atoms with van der Waals surface area (Å²) < 4.78 is 0. The smallest absolute Gasteiger partial charge is 0.276 e. The fraction of sp³-hybridized carbons (Fsp3) is 0.0556. The van der Waals surface area contributed by atoms with Gasteiger partial charge in [0.15, 0.2) is 0 Å². The number of amides is 1. The molecule has 0 saturated heterocycles. The minimum Gasteiger partial charge on any atom is -0.345 e. The number of carbonyl (C=O) groups excluding carboxylic acids is 1. The summed E-state index contributed by atoms with van der Waals surface area (Å²) in [5, 5.41) is 2.80. The number of imidazole rings is 1. The van der Waals surface area contributed by atoms with Crippen LogP contribution in [0, 0.1) is 0 Å². The van der Waals surface area contributed by atoms with Crippen molar-refractivity contribution in [1.82, 2.24) is 15.3 Å². The Morgan fingerprint density at radius 1 is 1.12 bits per heavy atom. The standard InChI is InChI=1S/C18H15N5O/c1-23(13-5-3-2-4-6-13)18-21-16(17(24)22-18)10-12-7-8-14-15(9-12)20-11-19-14/h2-11H,1H3,(H,19,20)(H,21,22,24). The Balaban J connectivity index is 1.65. The first kappa shape index (κ1) is 14.2. The molecule has 24 heavy (non-hydrogen) atoms. The summed E-state index contributed by atoms with van der Waals surface area (Å²) in [5.74, 6) is 0.299. The third-order valence-electron chi connectivity index (χ3n) is 3.89. The molecule has 4 rings (SSSR count). The summed E-state index contributed by atoms with van der Waals surface area (Å²) in [6, 6.07) is 15.5. The van der Waals surface area contributed by atoms with Gasteiger partial charge in [-0.3, -0.25) is 10.1 Å². The van der Waals surface area contributed by atoms with Crippen LogP contribution in [0.5, 0.6) is 0 Å². The molecule has 0 radical (unpaired) electrons. The lowest BCUT2D eigenvalue weighted by Crippen LogP contribution is -2.37. The molecular formula is C18H15N5O. The summed E-state index contributed by atoms with van der Waals surface area (Å²) >= 11 is 0. The molecule has 1 aliphatic rings. The highest BCUT2D eigenvalue weighted by Crippen LogP contribution is 2.19. The number of hydrogen-bond acceptors (Lipinski definition) is 4. The van der Waals surface area contributed by atoms with Crippen molar-refractivity contribution < 1.29 is 4.79 Å². The second-order valence-electron chi connectivity index (χ2n) is 5.49. The van der Waals surface area contributed by atoms with Crippen molar-refractivity contribution in [2.24, 2.45) is 4.99 Å². The van der Waals surface area contributed by atoms with E-state index in [0.717, 1.165) is 22.3 Å². The van der Waals surface area contributed by atoms with E-state index in [9.17, 15) is 4.79 Å². The summed E-state index contributed by atoms with van der Waals surface area (Å²) in [7, 11) is 1.87. The Kier molecular flexibility index (Phi) is 3.35. The minimum absolute atomic E-state index is 0.213. The number of fused-ring (bicyclic) bond motifs is 1. The van der Waals surface area contributed by atoms with Gasteiger partial charge in [0.25, 0.3) is 5.91 Å². The first-order valence-electron chi connectivity index (χ1n) is 7.54. The molecule has 0 unspecified atom stereocenters. The highest BCUT2D eigenvalue weighted by Gasteiger charge is 2.23. The van der Waals surface area contributed by atoms with Crippen molar-refractivity contribution in [2.45, 2.75) is 0 Å². The highest BCUT2D eigenvalue weighted by atomic mass is 16.2. The highest BCUT2D eigenvalue weighted by molar-refractivity contribution is 6.18. The van der Waals surface area contributed by atoms with Gasteiger partial charge in [-0.25, -0.2) is 9.98 Å². The minimum atomic E-state index is -0.213. The summed E-state index contributed by atoms with van der Waals surface area (Å²) in [6.45, 7) is 0. The van der Waals surface area contributed by atoms with E-state index in [4.69, 9.17) is 0 Å². The number of H-pyrrole nitrogens is 1. The molecule has 0 aliphatic carbocycles. The fourth-order valence-corrected chi connectivity index (χ4v) is 2.59. The van der Waals surface area contributed by atoms with E-state index in [2.05, 4.69) is 20.3 Å². The van der Waals surface area contributed by atoms with Gasteiger partial charge in [-0.05, 0) is 35.9 Å². The number of hydrogen-bond donors (Lipinski definition) is 2. The first-order valence-corrected chi connectivity index (χ1v) is 7.54. The van der Waals surface area contributed by atoms with E-state index >= 15 is 0 Å². The normalized spacial score (nSPS) is 15.6. The van der Waals surface area contributed by atoms with Crippen LogP contribution in [0.3, 0.4) is 0 Å². The number of carbonyl (C=O) groups is 1. The number of nitrogens with zero attached hydrogens (tertiary/aromatic N) is 3. The van der Waals surface area contributed by atoms with Crippen LogP contribution < -0.4 is 10.2 Å². The van der Waals surface area contributed by atoms with Gasteiger partial charge in [0.1, 0.15) is 5.70 Å². The third-order valence-corrected chi connectivity index (χ3v) is 3.89. The van der Waals surface area contributed by atoms with Crippen molar-refractivity contribution in [3.63, 3.8) is 0 Å². The number of aromatic nitrogens is 2. The van der Waals surface area contributed by atoms with Crippen LogP contribution in [0.2, 0.25) is 0 Å². The van der Waals surface area contributed by atoms with Gasteiger partial charge < -0.3 is 9.88 Å². The van der Waals surface area contributed by atoms with Gasteiger partial charge in [-0.1, -0.05) is 24.3 Å². The molecule has 118 valence electrons.